The Morgan fingerprint density at radius 2 is 1.82 bits per heavy atom. The van der Waals surface area contributed by atoms with Gasteiger partial charge in [-0.2, -0.15) is 0 Å². The van der Waals surface area contributed by atoms with Gasteiger partial charge in [0.2, 0.25) is 0 Å². The molecule has 1 fully saturated rings. The normalized spacial score (nSPS) is 17.5. The van der Waals surface area contributed by atoms with Gasteiger partial charge in [-0.05, 0) is 48.9 Å². The zero-order chi connectivity index (χ0) is 23.9. The number of aliphatic hydroxyl groups is 1. The largest absolute Gasteiger partial charge is 0.507 e. The molecule has 1 aliphatic rings. The molecule has 168 valence electrons. The average Bonchev–Trinajstić information content (AvgIpc) is 3.30. The van der Waals surface area contributed by atoms with Gasteiger partial charge in [0.15, 0.2) is 5.13 Å². The maximum atomic E-state index is 13.2. The summed E-state index contributed by atoms with van der Waals surface area (Å²) in [6, 6.07) is 11.8. The number of carbonyl (C=O) groups is 3. The summed E-state index contributed by atoms with van der Waals surface area (Å²) in [5.41, 5.74) is 1.03. The number of anilines is 1. The number of Topliss-reactive ketones (excluding diaryl/α,β-unsaturated/α-hetero) is 1. The highest BCUT2D eigenvalue weighted by atomic mass is 35.5. The summed E-state index contributed by atoms with van der Waals surface area (Å²) in [4.78, 5) is 44.1. The molecule has 1 saturated heterocycles. The number of esters is 1. The van der Waals surface area contributed by atoms with E-state index in [1.165, 1.54) is 12.0 Å². The van der Waals surface area contributed by atoms with Gasteiger partial charge in [-0.15, -0.1) is 0 Å². The van der Waals surface area contributed by atoms with Crippen LogP contribution in [0.1, 0.15) is 32.5 Å². The Morgan fingerprint density at radius 3 is 2.45 bits per heavy atom. The molecule has 3 aromatic rings. The summed E-state index contributed by atoms with van der Waals surface area (Å²) >= 11 is 13.0. The number of methoxy groups -OCH3 is 1. The van der Waals surface area contributed by atoms with E-state index >= 15 is 0 Å². The van der Waals surface area contributed by atoms with Crippen molar-refractivity contribution in [2.75, 3.05) is 12.0 Å². The van der Waals surface area contributed by atoms with E-state index < -0.39 is 23.7 Å². The molecule has 0 unspecified atom stereocenters. The molecule has 0 radical (unpaired) electrons. The van der Waals surface area contributed by atoms with Crippen LogP contribution in [0.15, 0.2) is 54.1 Å². The number of halogens is 2. The Labute approximate surface area is 202 Å². The number of nitrogens with zero attached hydrogens (tertiary/aromatic N) is 2. The predicted molar refractivity (Wildman–Crippen MR) is 126 cm³/mol. The fourth-order valence-electron chi connectivity index (χ4n) is 3.55. The predicted octanol–water partition coefficient (Wildman–Crippen LogP) is 5.17. The Morgan fingerprint density at radius 1 is 1.12 bits per heavy atom. The lowest BCUT2D eigenvalue weighted by Gasteiger charge is -2.23. The van der Waals surface area contributed by atoms with Crippen molar-refractivity contribution in [1.82, 2.24) is 4.98 Å². The summed E-state index contributed by atoms with van der Waals surface area (Å²) in [5, 5.41) is 12.0. The molecular formula is C23H16Cl2N2O5S. The van der Waals surface area contributed by atoms with Crippen LogP contribution in [0.2, 0.25) is 10.0 Å². The van der Waals surface area contributed by atoms with Crippen molar-refractivity contribution in [2.24, 2.45) is 0 Å². The van der Waals surface area contributed by atoms with Crippen LogP contribution in [-0.2, 0) is 14.3 Å². The fourth-order valence-corrected chi connectivity index (χ4v) is 4.89. The van der Waals surface area contributed by atoms with E-state index in [1.807, 2.05) is 0 Å². The van der Waals surface area contributed by atoms with Gasteiger partial charge in [0, 0.05) is 15.6 Å². The number of carbonyl (C=O) groups excluding carboxylic acids is 3. The second-order valence-corrected chi connectivity index (χ2v) is 8.98. The third-order valence-electron chi connectivity index (χ3n) is 5.09. The number of hydrogen-bond donors (Lipinski definition) is 1. The van der Waals surface area contributed by atoms with Crippen molar-refractivity contribution in [3.05, 3.63) is 85.8 Å². The molecule has 2 heterocycles. The van der Waals surface area contributed by atoms with Crippen molar-refractivity contribution in [3.63, 3.8) is 0 Å². The first-order valence-electron chi connectivity index (χ1n) is 9.61. The lowest BCUT2D eigenvalue weighted by molar-refractivity contribution is -0.132. The van der Waals surface area contributed by atoms with Crippen molar-refractivity contribution in [3.8, 4) is 0 Å². The van der Waals surface area contributed by atoms with Gasteiger partial charge in [0.25, 0.3) is 5.78 Å². The van der Waals surface area contributed by atoms with E-state index in [0.29, 0.717) is 26.9 Å². The number of aromatic nitrogens is 1. The molecule has 33 heavy (non-hydrogen) atoms. The third kappa shape index (κ3) is 4.13. The van der Waals surface area contributed by atoms with E-state index in [2.05, 4.69) is 4.98 Å². The van der Waals surface area contributed by atoms with Crippen molar-refractivity contribution in [1.29, 1.82) is 0 Å². The third-order valence-corrected chi connectivity index (χ3v) is 6.71. The van der Waals surface area contributed by atoms with E-state index in [4.69, 9.17) is 27.9 Å². The molecule has 1 amide bonds. The quantitative estimate of drug-likeness (QED) is 0.228. The van der Waals surface area contributed by atoms with E-state index in [0.717, 1.165) is 11.3 Å². The van der Waals surface area contributed by atoms with Crippen LogP contribution in [0.25, 0.3) is 5.76 Å². The Hall–Kier alpha value is -3.20. The number of hydrogen-bond acceptors (Lipinski definition) is 7. The molecule has 0 spiro atoms. The first kappa shape index (κ1) is 23.0. The van der Waals surface area contributed by atoms with Crippen LogP contribution in [0.4, 0.5) is 5.13 Å². The number of ketones is 1. The molecule has 1 atom stereocenters. The molecule has 0 aliphatic carbocycles. The van der Waals surface area contributed by atoms with Gasteiger partial charge in [-0.3, -0.25) is 14.5 Å². The maximum absolute atomic E-state index is 13.2. The zero-order valence-corrected chi connectivity index (χ0v) is 19.7. The lowest BCUT2D eigenvalue weighted by atomic mass is 9.95. The highest BCUT2D eigenvalue weighted by molar-refractivity contribution is 7.17. The molecule has 1 aliphatic heterocycles. The lowest BCUT2D eigenvalue weighted by Crippen LogP contribution is -2.29. The topological polar surface area (TPSA) is 96.8 Å². The second kappa shape index (κ2) is 8.97. The van der Waals surface area contributed by atoms with Crippen molar-refractivity contribution in [2.45, 2.75) is 13.0 Å². The molecule has 1 N–H and O–H groups in total. The molecular weight excluding hydrogens is 487 g/mol. The van der Waals surface area contributed by atoms with Gasteiger partial charge in [-0.1, -0.05) is 46.7 Å². The first-order valence-corrected chi connectivity index (χ1v) is 11.2. The minimum absolute atomic E-state index is 0.120. The summed E-state index contributed by atoms with van der Waals surface area (Å²) in [7, 11) is 1.24. The summed E-state index contributed by atoms with van der Waals surface area (Å²) in [6.45, 7) is 1.60. The SMILES string of the molecule is COC(=O)c1sc(N2C(=O)C(=O)/C(=C(/O)c3ccc(Cl)cc3)[C@H]2c2cccc(Cl)c2)nc1C. The maximum Gasteiger partial charge on any atom is 0.350 e. The molecule has 10 heteroatoms. The Kier molecular flexibility index (Phi) is 6.25. The summed E-state index contributed by atoms with van der Waals surface area (Å²) in [6.07, 6.45) is 0. The van der Waals surface area contributed by atoms with Crippen molar-refractivity contribution < 1.29 is 24.2 Å². The van der Waals surface area contributed by atoms with Crippen LogP contribution in [0, 0.1) is 6.92 Å². The van der Waals surface area contributed by atoms with E-state index in [-0.39, 0.29) is 21.3 Å². The molecule has 0 saturated carbocycles. The number of amides is 1. The Bertz CT molecular complexity index is 1320. The standard InChI is InChI=1S/C23H16Cl2N2O5S/c1-11-20(22(31)32-2)33-23(26-11)27-17(13-4-3-5-15(25)10-13)16(19(29)21(27)30)18(28)12-6-8-14(24)9-7-12/h3-10,17,28H,1-2H3/b18-16+/t17-/m1/s1. The number of ether oxygens (including phenoxy) is 1. The van der Waals surface area contributed by atoms with Gasteiger partial charge >= 0.3 is 11.9 Å². The van der Waals surface area contributed by atoms with Crippen LogP contribution < -0.4 is 4.90 Å². The summed E-state index contributed by atoms with van der Waals surface area (Å²) in [5.74, 6) is -2.74. The first-order chi connectivity index (χ1) is 15.7. The van der Waals surface area contributed by atoms with Crippen LogP contribution in [0.5, 0.6) is 0 Å². The van der Waals surface area contributed by atoms with Gasteiger partial charge in [-0.25, -0.2) is 9.78 Å². The molecule has 0 bridgehead atoms. The molecule has 2 aromatic carbocycles. The number of aryl methyl sites for hydroxylation is 1. The monoisotopic (exact) mass is 502 g/mol. The fraction of sp³-hybridized carbons (Fsp3) is 0.130. The van der Waals surface area contributed by atoms with E-state index in [1.54, 1.807) is 55.5 Å². The van der Waals surface area contributed by atoms with Gasteiger partial charge in [0.1, 0.15) is 10.6 Å². The number of aliphatic hydroxyl groups excluding tert-OH is 1. The second-order valence-electron chi connectivity index (χ2n) is 7.13. The number of rotatable bonds is 4. The average molecular weight is 503 g/mol. The minimum Gasteiger partial charge on any atom is -0.507 e. The molecule has 4 rings (SSSR count). The van der Waals surface area contributed by atoms with Gasteiger partial charge < -0.3 is 9.84 Å². The van der Waals surface area contributed by atoms with Crippen LogP contribution in [-0.4, -0.2) is 34.9 Å². The van der Waals surface area contributed by atoms with Crippen LogP contribution >= 0.6 is 34.5 Å². The molecule has 7 nitrogen and oxygen atoms in total. The van der Waals surface area contributed by atoms with Crippen molar-refractivity contribution >= 4 is 63.1 Å². The zero-order valence-electron chi connectivity index (χ0n) is 17.3. The highest BCUT2D eigenvalue weighted by Gasteiger charge is 2.48. The highest BCUT2D eigenvalue weighted by Crippen LogP contribution is 2.44. The minimum atomic E-state index is -1.02. The molecule has 1 aromatic heterocycles. The van der Waals surface area contributed by atoms with Crippen LogP contribution in [0.3, 0.4) is 0 Å². The van der Waals surface area contributed by atoms with Gasteiger partial charge in [0.05, 0.1) is 24.4 Å². The smallest absolute Gasteiger partial charge is 0.350 e. The summed E-state index contributed by atoms with van der Waals surface area (Å²) < 4.78 is 4.78. The van der Waals surface area contributed by atoms with E-state index in [9.17, 15) is 19.5 Å². The number of benzene rings is 2. The number of thiazole rings is 1. The Balaban J connectivity index is 1.94.